The molecule has 1 amide bonds. The molecule has 0 aliphatic carbocycles. The highest BCUT2D eigenvalue weighted by molar-refractivity contribution is 5.85. The lowest BCUT2D eigenvalue weighted by Crippen LogP contribution is -2.42. The first kappa shape index (κ1) is 15.6. The summed E-state index contributed by atoms with van der Waals surface area (Å²) in [4.78, 5) is 25.2. The van der Waals surface area contributed by atoms with Crippen LogP contribution in [0.4, 0.5) is 0 Å². The lowest BCUT2D eigenvalue weighted by Gasteiger charge is -2.30. The summed E-state index contributed by atoms with van der Waals surface area (Å²) < 4.78 is 2.08. The Morgan fingerprint density at radius 1 is 1.30 bits per heavy atom. The summed E-state index contributed by atoms with van der Waals surface area (Å²) in [6.07, 6.45) is 4.64. The van der Waals surface area contributed by atoms with Gasteiger partial charge in [-0.15, -0.1) is 0 Å². The number of aromatic nitrogens is 1. The van der Waals surface area contributed by atoms with Crippen molar-refractivity contribution < 1.29 is 14.7 Å². The van der Waals surface area contributed by atoms with Gasteiger partial charge in [0.05, 0.1) is 5.92 Å². The molecule has 5 heteroatoms. The number of fused-ring (bicyclic) bond motifs is 1. The van der Waals surface area contributed by atoms with Crippen LogP contribution in [0.25, 0.3) is 10.9 Å². The number of carbonyl (C=O) groups excluding carboxylic acids is 1. The Labute approximate surface area is 135 Å². The number of piperidine rings is 1. The van der Waals surface area contributed by atoms with Gasteiger partial charge in [0.15, 0.2) is 0 Å². The van der Waals surface area contributed by atoms with E-state index >= 15 is 0 Å². The van der Waals surface area contributed by atoms with E-state index in [0.29, 0.717) is 32.4 Å². The van der Waals surface area contributed by atoms with Crippen molar-refractivity contribution in [3.8, 4) is 0 Å². The predicted molar refractivity (Wildman–Crippen MR) is 88.2 cm³/mol. The highest BCUT2D eigenvalue weighted by Crippen LogP contribution is 2.23. The molecule has 1 fully saturated rings. The summed E-state index contributed by atoms with van der Waals surface area (Å²) in [5.74, 6) is -1.15. The van der Waals surface area contributed by atoms with Crippen LogP contribution in [0.1, 0.15) is 24.8 Å². The van der Waals surface area contributed by atoms with Crippen LogP contribution in [0.5, 0.6) is 0 Å². The van der Waals surface area contributed by atoms with Gasteiger partial charge in [-0.2, -0.15) is 0 Å². The van der Waals surface area contributed by atoms with Crippen LogP contribution in [0.2, 0.25) is 0 Å². The van der Waals surface area contributed by atoms with E-state index in [1.54, 1.807) is 4.90 Å². The van der Waals surface area contributed by atoms with E-state index in [2.05, 4.69) is 22.9 Å². The second kappa shape index (κ2) is 6.44. The number of para-hydroxylation sites is 1. The molecule has 0 bridgehead atoms. The lowest BCUT2D eigenvalue weighted by atomic mass is 9.97. The van der Waals surface area contributed by atoms with Crippen molar-refractivity contribution in [2.75, 3.05) is 13.1 Å². The minimum atomic E-state index is -0.795. The van der Waals surface area contributed by atoms with Crippen molar-refractivity contribution in [2.24, 2.45) is 13.0 Å². The van der Waals surface area contributed by atoms with Gasteiger partial charge in [0.25, 0.3) is 0 Å². The number of amides is 1. The van der Waals surface area contributed by atoms with Crippen LogP contribution in [0.3, 0.4) is 0 Å². The number of aliphatic carboxylic acids is 1. The molecule has 1 N–H and O–H groups in total. The van der Waals surface area contributed by atoms with Crippen LogP contribution in [0.15, 0.2) is 30.5 Å². The molecule has 0 saturated carbocycles. The fourth-order valence-electron chi connectivity index (χ4n) is 3.43. The van der Waals surface area contributed by atoms with Crippen molar-refractivity contribution in [1.82, 2.24) is 9.47 Å². The average Bonchev–Trinajstić information content (AvgIpc) is 2.89. The molecule has 1 atom stereocenters. The van der Waals surface area contributed by atoms with Gasteiger partial charge < -0.3 is 14.6 Å². The van der Waals surface area contributed by atoms with E-state index in [1.807, 2.05) is 19.2 Å². The van der Waals surface area contributed by atoms with Crippen molar-refractivity contribution in [3.63, 3.8) is 0 Å². The second-order valence-corrected chi connectivity index (χ2v) is 6.30. The van der Waals surface area contributed by atoms with Gasteiger partial charge >= 0.3 is 5.97 Å². The molecule has 0 radical (unpaired) electrons. The molecule has 1 aromatic heterocycles. The molecular weight excluding hydrogens is 292 g/mol. The van der Waals surface area contributed by atoms with Crippen molar-refractivity contribution in [2.45, 2.75) is 25.7 Å². The molecule has 2 aromatic rings. The Bertz CT molecular complexity index is 735. The largest absolute Gasteiger partial charge is 0.481 e. The first-order valence-corrected chi connectivity index (χ1v) is 8.10. The van der Waals surface area contributed by atoms with E-state index < -0.39 is 11.9 Å². The smallest absolute Gasteiger partial charge is 0.308 e. The normalized spacial score (nSPS) is 18.3. The number of rotatable bonds is 4. The fourth-order valence-corrected chi connectivity index (χ4v) is 3.43. The Balaban J connectivity index is 1.65. The molecule has 3 rings (SSSR count). The van der Waals surface area contributed by atoms with Crippen LogP contribution in [-0.2, 0) is 23.1 Å². The van der Waals surface area contributed by atoms with Crippen LogP contribution in [0, 0.1) is 5.92 Å². The number of benzene rings is 1. The maximum Gasteiger partial charge on any atom is 0.308 e. The monoisotopic (exact) mass is 314 g/mol. The highest BCUT2D eigenvalue weighted by atomic mass is 16.4. The molecule has 0 unspecified atom stereocenters. The fraction of sp³-hybridized carbons (Fsp3) is 0.444. The number of likely N-dealkylation sites (tertiary alicyclic amines) is 1. The molecule has 1 saturated heterocycles. The maximum atomic E-state index is 12.4. The van der Waals surface area contributed by atoms with Gasteiger partial charge in [0.1, 0.15) is 0 Å². The third-order valence-corrected chi connectivity index (χ3v) is 4.71. The third kappa shape index (κ3) is 3.23. The van der Waals surface area contributed by atoms with Gasteiger partial charge in [-0.25, -0.2) is 0 Å². The van der Waals surface area contributed by atoms with Gasteiger partial charge in [0, 0.05) is 43.7 Å². The van der Waals surface area contributed by atoms with E-state index in [4.69, 9.17) is 5.11 Å². The summed E-state index contributed by atoms with van der Waals surface area (Å²) in [6.45, 7) is 1.03. The molecule has 1 aromatic carbocycles. The van der Waals surface area contributed by atoms with E-state index in [0.717, 1.165) is 6.42 Å². The summed E-state index contributed by atoms with van der Waals surface area (Å²) in [6, 6.07) is 8.17. The number of nitrogens with zero attached hydrogens (tertiary/aromatic N) is 2. The SMILES string of the molecule is Cn1cc(CCC(=O)N2CCC[C@@H](C(=O)O)C2)c2ccccc21. The number of aryl methyl sites for hydroxylation is 2. The minimum Gasteiger partial charge on any atom is -0.481 e. The number of carboxylic acids is 1. The standard InChI is InChI=1S/C18H22N2O3/c1-19-11-13(15-6-2-3-7-16(15)19)8-9-17(21)20-10-4-5-14(12-20)18(22)23/h2-3,6-7,11,14H,4-5,8-10,12H2,1H3,(H,22,23)/t14-/m1/s1. The number of hydrogen-bond acceptors (Lipinski definition) is 2. The minimum absolute atomic E-state index is 0.0592. The van der Waals surface area contributed by atoms with Crippen molar-refractivity contribution in [1.29, 1.82) is 0 Å². The molecular formula is C18H22N2O3. The number of carboxylic acid groups (broad SMARTS) is 1. The number of hydrogen-bond donors (Lipinski definition) is 1. The quantitative estimate of drug-likeness (QED) is 0.943. The zero-order valence-electron chi connectivity index (χ0n) is 13.4. The Kier molecular flexibility index (Phi) is 4.37. The van der Waals surface area contributed by atoms with Crippen LogP contribution < -0.4 is 0 Å². The Morgan fingerprint density at radius 3 is 2.87 bits per heavy atom. The molecule has 1 aliphatic rings. The van der Waals surface area contributed by atoms with Gasteiger partial charge in [-0.05, 0) is 30.9 Å². The molecule has 23 heavy (non-hydrogen) atoms. The Morgan fingerprint density at radius 2 is 2.09 bits per heavy atom. The first-order chi connectivity index (χ1) is 11.1. The maximum absolute atomic E-state index is 12.4. The Hall–Kier alpha value is -2.30. The van der Waals surface area contributed by atoms with Gasteiger partial charge in [0.2, 0.25) is 5.91 Å². The highest BCUT2D eigenvalue weighted by Gasteiger charge is 2.27. The molecule has 0 spiro atoms. The van der Waals surface area contributed by atoms with Crippen molar-refractivity contribution in [3.05, 3.63) is 36.0 Å². The van der Waals surface area contributed by atoms with Gasteiger partial charge in [-0.1, -0.05) is 18.2 Å². The molecule has 2 heterocycles. The third-order valence-electron chi connectivity index (χ3n) is 4.71. The average molecular weight is 314 g/mol. The molecule has 1 aliphatic heterocycles. The van der Waals surface area contributed by atoms with Crippen molar-refractivity contribution >= 4 is 22.8 Å². The first-order valence-electron chi connectivity index (χ1n) is 8.10. The molecule has 5 nitrogen and oxygen atoms in total. The van der Waals surface area contributed by atoms with Crippen LogP contribution in [-0.4, -0.2) is 39.5 Å². The van der Waals surface area contributed by atoms with E-state index in [1.165, 1.54) is 16.5 Å². The predicted octanol–water partition coefficient (Wildman–Crippen LogP) is 2.43. The van der Waals surface area contributed by atoms with Gasteiger partial charge in [-0.3, -0.25) is 9.59 Å². The second-order valence-electron chi connectivity index (χ2n) is 6.30. The lowest BCUT2D eigenvalue weighted by molar-refractivity contribution is -0.145. The zero-order chi connectivity index (χ0) is 16.4. The van der Waals surface area contributed by atoms with Crippen LogP contribution >= 0.6 is 0 Å². The van der Waals surface area contributed by atoms with E-state index in [-0.39, 0.29) is 5.91 Å². The zero-order valence-corrected chi connectivity index (χ0v) is 13.4. The topological polar surface area (TPSA) is 62.5 Å². The number of carbonyl (C=O) groups is 2. The summed E-state index contributed by atoms with van der Waals surface area (Å²) >= 11 is 0. The summed E-state index contributed by atoms with van der Waals surface area (Å²) in [7, 11) is 2.01. The molecule has 122 valence electrons. The summed E-state index contributed by atoms with van der Waals surface area (Å²) in [5, 5.41) is 10.3. The van der Waals surface area contributed by atoms with E-state index in [9.17, 15) is 9.59 Å². The summed E-state index contributed by atoms with van der Waals surface area (Å²) in [5.41, 5.74) is 2.34.